The summed E-state index contributed by atoms with van der Waals surface area (Å²) in [7, 11) is -2.99. The number of nitrogens with zero attached hydrogens (tertiary/aromatic N) is 2. The highest BCUT2D eigenvalue weighted by Gasteiger charge is 2.17. The molecule has 3 aromatic rings. The van der Waals surface area contributed by atoms with E-state index in [0.29, 0.717) is 22.2 Å². The van der Waals surface area contributed by atoms with E-state index in [1.807, 2.05) is 31.2 Å². The summed E-state index contributed by atoms with van der Waals surface area (Å²) in [5.74, 6) is 0.792. The van der Waals surface area contributed by atoms with Crippen LogP contribution in [0.4, 0.5) is 0 Å². The van der Waals surface area contributed by atoms with Crippen molar-refractivity contribution in [1.82, 2.24) is 10.2 Å². The first-order valence-electron chi connectivity index (χ1n) is 6.42. The van der Waals surface area contributed by atoms with E-state index >= 15 is 0 Å². The lowest BCUT2D eigenvalue weighted by Crippen LogP contribution is -2.05. The van der Waals surface area contributed by atoms with Crippen molar-refractivity contribution in [2.75, 3.05) is 12.0 Å². The minimum Gasteiger partial charge on any atom is -0.453 e. The molecule has 0 fully saturated rings. The summed E-state index contributed by atoms with van der Waals surface area (Å²) in [5.41, 5.74) is 1.84. The quantitative estimate of drug-likeness (QED) is 0.738. The summed E-state index contributed by atoms with van der Waals surface area (Å²) in [5, 5.41) is 10.6. The maximum absolute atomic E-state index is 11.2. The van der Waals surface area contributed by atoms with Gasteiger partial charge >= 0.3 is 0 Å². The molecular weight excluding hydrogens is 308 g/mol. The Bertz CT molecular complexity index is 894. The molecule has 5 nitrogen and oxygen atoms in total. The van der Waals surface area contributed by atoms with Crippen LogP contribution in [0.3, 0.4) is 0 Å². The van der Waals surface area contributed by atoms with Gasteiger partial charge in [-0.2, -0.15) is 0 Å². The molecule has 21 heavy (non-hydrogen) atoms. The van der Waals surface area contributed by atoms with Crippen LogP contribution in [0.15, 0.2) is 28.7 Å². The van der Waals surface area contributed by atoms with E-state index in [4.69, 9.17) is 4.42 Å². The second-order valence-electron chi connectivity index (χ2n) is 4.93. The summed E-state index contributed by atoms with van der Waals surface area (Å²) >= 11 is 1.38. The van der Waals surface area contributed by atoms with Gasteiger partial charge in [0.05, 0.1) is 5.75 Å². The molecule has 0 amide bonds. The molecule has 0 N–H and O–H groups in total. The van der Waals surface area contributed by atoms with E-state index in [0.717, 1.165) is 16.5 Å². The minimum absolute atomic E-state index is 0.0841. The van der Waals surface area contributed by atoms with Crippen LogP contribution in [0, 0.1) is 6.92 Å². The van der Waals surface area contributed by atoms with Gasteiger partial charge in [-0.05, 0) is 13.0 Å². The molecule has 2 aromatic heterocycles. The SMILES string of the molecule is Cc1c(-c2nnc(CCS(C)(=O)=O)s2)oc2ccccc12. The van der Waals surface area contributed by atoms with E-state index < -0.39 is 9.84 Å². The molecular formula is C14H14N2O3S2. The van der Waals surface area contributed by atoms with E-state index in [9.17, 15) is 8.42 Å². The van der Waals surface area contributed by atoms with E-state index in [2.05, 4.69) is 10.2 Å². The second-order valence-corrected chi connectivity index (χ2v) is 8.25. The topological polar surface area (TPSA) is 73.1 Å². The number of aromatic nitrogens is 2. The van der Waals surface area contributed by atoms with E-state index in [1.54, 1.807) is 0 Å². The number of para-hydroxylation sites is 1. The Balaban J connectivity index is 1.93. The van der Waals surface area contributed by atoms with Crippen LogP contribution in [0.25, 0.3) is 21.7 Å². The van der Waals surface area contributed by atoms with Gasteiger partial charge in [-0.15, -0.1) is 10.2 Å². The molecule has 0 aliphatic heterocycles. The Labute approximate surface area is 126 Å². The van der Waals surface area contributed by atoms with Crippen LogP contribution in [-0.2, 0) is 16.3 Å². The fourth-order valence-corrected chi connectivity index (χ4v) is 3.67. The Morgan fingerprint density at radius 2 is 2.00 bits per heavy atom. The molecule has 0 unspecified atom stereocenters. The third-order valence-corrected chi connectivity index (χ3v) is 5.12. The molecule has 7 heteroatoms. The van der Waals surface area contributed by atoms with E-state index in [1.165, 1.54) is 17.6 Å². The smallest absolute Gasteiger partial charge is 0.183 e. The monoisotopic (exact) mass is 322 g/mol. The highest BCUT2D eigenvalue weighted by atomic mass is 32.2. The number of fused-ring (bicyclic) bond motifs is 1. The van der Waals surface area contributed by atoms with Gasteiger partial charge < -0.3 is 4.42 Å². The van der Waals surface area contributed by atoms with Crippen molar-refractivity contribution >= 4 is 32.1 Å². The largest absolute Gasteiger partial charge is 0.453 e. The molecule has 2 heterocycles. The first kappa shape index (κ1) is 14.2. The number of rotatable bonds is 4. The van der Waals surface area contributed by atoms with Crippen LogP contribution < -0.4 is 0 Å². The molecule has 0 aliphatic carbocycles. The van der Waals surface area contributed by atoms with Crippen molar-refractivity contribution in [3.8, 4) is 10.8 Å². The third-order valence-electron chi connectivity index (χ3n) is 3.19. The van der Waals surface area contributed by atoms with Gasteiger partial charge in [-0.1, -0.05) is 29.5 Å². The number of benzene rings is 1. The molecule has 0 saturated carbocycles. The summed E-state index contributed by atoms with van der Waals surface area (Å²) in [6, 6.07) is 7.81. The Morgan fingerprint density at radius 3 is 2.71 bits per heavy atom. The summed E-state index contributed by atoms with van der Waals surface area (Å²) in [6.07, 6.45) is 1.61. The van der Waals surface area contributed by atoms with Crippen LogP contribution in [0.1, 0.15) is 10.6 Å². The van der Waals surface area contributed by atoms with E-state index in [-0.39, 0.29) is 5.75 Å². The first-order chi connectivity index (χ1) is 9.94. The molecule has 0 atom stereocenters. The highest BCUT2D eigenvalue weighted by Crippen LogP contribution is 2.34. The van der Waals surface area contributed by atoms with Crippen LogP contribution in [0.5, 0.6) is 0 Å². The van der Waals surface area contributed by atoms with Crippen molar-refractivity contribution in [1.29, 1.82) is 0 Å². The summed E-state index contributed by atoms with van der Waals surface area (Å²) in [4.78, 5) is 0. The summed E-state index contributed by atoms with van der Waals surface area (Å²) < 4.78 is 28.2. The van der Waals surface area contributed by atoms with Crippen molar-refractivity contribution in [2.45, 2.75) is 13.3 Å². The lowest BCUT2D eigenvalue weighted by molar-refractivity contribution is 0.601. The molecule has 0 radical (unpaired) electrons. The van der Waals surface area contributed by atoms with Gasteiger partial charge in [0, 0.05) is 23.6 Å². The van der Waals surface area contributed by atoms with Gasteiger partial charge in [0.25, 0.3) is 0 Å². The fraction of sp³-hybridized carbons (Fsp3) is 0.286. The van der Waals surface area contributed by atoms with Gasteiger partial charge in [0.15, 0.2) is 10.8 Å². The van der Waals surface area contributed by atoms with Crippen molar-refractivity contribution < 1.29 is 12.8 Å². The first-order valence-corrected chi connectivity index (χ1v) is 9.30. The van der Waals surface area contributed by atoms with Gasteiger partial charge in [0.1, 0.15) is 20.4 Å². The number of furan rings is 1. The third kappa shape index (κ3) is 2.98. The number of hydrogen-bond acceptors (Lipinski definition) is 6. The highest BCUT2D eigenvalue weighted by molar-refractivity contribution is 7.90. The van der Waals surface area contributed by atoms with Gasteiger partial charge in [0.2, 0.25) is 0 Å². The second kappa shape index (κ2) is 5.23. The molecule has 0 saturated heterocycles. The molecule has 0 aliphatic rings. The minimum atomic E-state index is -2.99. The molecule has 110 valence electrons. The van der Waals surface area contributed by atoms with Gasteiger partial charge in [-0.3, -0.25) is 0 Å². The predicted molar refractivity (Wildman–Crippen MR) is 83.3 cm³/mol. The van der Waals surface area contributed by atoms with Crippen LogP contribution in [0.2, 0.25) is 0 Å². The van der Waals surface area contributed by atoms with Crippen molar-refractivity contribution in [3.63, 3.8) is 0 Å². The maximum Gasteiger partial charge on any atom is 0.183 e. The number of sulfone groups is 1. The standard InChI is InChI=1S/C14H14N2O3S2/c1-9-10-5-3-4-6-11(10)19-13(9)14-16-15-12(20-14)7-8-21(2,17)18/h3-6H,7-8H2,1-2H3. The molecule has 0 bridgehead atoms. The molecule has 3 rings (SSSR count). The molecule has 1 aromatic carbocycles. The summed E-state index contributed by atoms with van der Waals surface area (Å²) in [6.45, 7) is 1.98. The lowest BCUT2D eigenvalue weighted by atomic mass is 10.1. The average molecular weight is 322 g/mol. The predicted octanol–water partition coefficient (Wildman–Crippen LogP) is 2.85. The van der Waals surface area contributed by atoms with Crippen molar-refractivity contribution in [3.05, 3.63) is 34.8 Å². The number of hydrogen-bond donors (Lipinski definition) is 0. The zero-order chi connectivity index (χ0) is 15.0. The van der Waals surface area contributed by atoms with Crippen LogP contribution in [-0.4, -0.2) is 30.6 Å². The Kier molecular flexibility index (Phi) is 3.54. The lowest BCUT2D eigenvalue weighted by Gasteiger charge is -1.93. The van der Waals surface area contributed by atoms with Crippen LogP contribution >= 0.6 is 11.3 Å². The number of aryl methyl sites for hydroxylation is 2. The fourth-order valence-electron chi connectivity index (χ4n) is 2.10. The zero-order valence-electron chi connectivity index (χ0n) is 11.7. The zero-order valence-corrected chi connectivity index (χ0v) is 13.3. The Morgan fingerprint density at radius 1 is 1.24 bits per heavy atom. The average Bonchev–Trinajstić information content (AvgIpc) is 3.01. The maximum atomic E-state index is 11.2. The van der Waals surface area contributed by atoms with Crippen molar-refractivity contribution in [2.24, 2.45) is 0 Å². The molecule has 0 spiro atoms. The normalized spacial score (nSPS) is 12.1. The Hall–Kier alpha value is -1.73. The van der Waals surface area contributed by atoms with Gasteiger partial charge in [-0.25, -0.2) is 8.42 Å².